The maximum atomic E-state index is 11.9. The van der Waals surface area contributed by atoms with Gasteiger partial charge in [-0.2, -0.15) is 0 Å². The van der Waals surface area contributed by atoms with Crippen LogP contribution in [0, 0.1) is 11.8 Å². The van der Waals surface area contributed by atoms with E-state index in [1.54, 1.807) is 0 Å². The Hall–Kier alpha value is -1.14. The van der Waals surface area contributed by atoms with Crippen LogP contribution >= 0.6 is 0 Å². The lowest BCUT2D eigenvalue weighted by Crippen LogP contribution is -2.39. The van der Waals surface area contributed by atoms with E-state index in [9.17, 15) is 14.7 Å². The SMILES string of the molecule is CC1CCC(CCC(=O)NCC(C(=O)O)C2CCOCC2)O1. The Kier molecular flexibility index (Phi) is 6.64. The van der Waals surface area contributed by atoms with Gasteiger partial charge in [0.2, 0.25) is 5.91 Å². The summed E-state index contributed by atoms with van der Waals surface area (Å²) in [6.45, 7) is 3.48. The Morgan fingerprint density at radius 3 is 2.55 bits per heavy atom. The van der Waals surface area contributed by atoms with Gasteiger partial charge >= 0.3 is 5.97 Å². The van der Waals surface area contributed by atoms with Crippen molar-refractivity contribution < 1.29 is 24.2 Å². The Bertz CT molecular complexity index is 381. The summed E-state index contributed by atoms with van der Waals surface area (Å²) in [7, 11) is 0. The molecule has 6 nitrogen and oxygen atoms in total. The molecule has 0 saturated carbocycles. The Balaban J connectivity index is 1.69. The second kappa shape index (κ2) is 8.48. The van der Waals surface area contributed by atoms with E-state index in [1.807, 2.05) is 6.92 Å². The molecule has 0 bridgehead atoms. The Morgan fingerprint density at radius 2 is 1.95 bits per heavy atom. The van der Waals surface area contributed by atoms with Gasteiger partial charge < -0.3 is 19.9 Å². The van der Waals surface area contributed by atoms with E-state index in [2.05, 4.69) is 5.32 Å². The van der Waals surface area contributed by atoms with Gasteiger partial charge in [-0.15, -0.1) is 0 Å². The van der Waals surface area contributed by atoms with Crippen molar-refractivity contribution in [2.24, 2.45) is 11.8 Å². The second-order valence-electron chi connectivity index (χ2n) is 6.38. The lowest BCUT2D eigenvalue weighted by Gasteiger charge is -2.27. The molecular formula is C16H27NO5. The molecule has 2 N–H and O–H groups in total. The highest BCUT2D eigenvalue weighted by atomic mass is 16.5. The number of hydrogen-bond acceptors (Lipinski definition) is 4. The van der Waals surface area contributed by atoms with Crippen molar-refractivity contribution >= 4 is 11.9 Å². The van der Waals surface area contributed by atoms with E-state index in [0.29, 0.717) is 26.1 Å². The van der Waals surface area contributed by atoms with Gasteiger partial charge in [-0.25, -0.2) is 0 Å². The predicted octanol–water partition coefficient (Wildman–Crippen LogP) is 1.58. The zero-order chi connectivity index (χ0) is 15.9. The van der Waals surface area contributed by atoms with Crippen LogP contribution in [-0.4, -0.2) is 48.9 Å². The smallest absolute Gasteiger partial charge is 0.308 e. The molecule has 0 aromatic rings. The number of aliphatic carboxylic acids is 1. The number of carbonyl (C=O) groups excluding carboxylic acids is 1. The van der Waals surface area contributed by atoms with Crippen LogP contribution in [0.2, 0.25) is 0 Å². The fraction of sp³-hybridized carbons (Fsp3) is 0.875. The summed E-state index contributed by atoms with van der Waals surface area (Å²) in [6, 6.07) is 0. The number of nitrogens with one attached hydrogen (secondary N) is 1. The summed E-state index contributed by atoms with van der Waals surface area (Å²) in [5, 5.41) is 12.1. The fourth-order valence-corrected chi connectivity index (χ4v) is 3.28. The molecule has 2 saturated heterocycles. The van der Waals surface area contributed by atoms with Gasteiger partial charge in [0.05, 0.1) is 18.1 Å². The minimum absolute atomic E-state index is 0.0820. The van der Waals surface area contributed by atoms with Crippen molar-refractivity contribution in [3.8, 4) is 0 Å². The van der Waals surface area contributed by atoms with Crippen molar-refractivity contribution in [1.82, 2.24) is 5.32 Å². The number of carboxylic acid groups (broad SMARTS) is 1. The molecule has 0 aromatic carbocycles. The van der Waals surface area contributed by atoms with Crippen LogP contribution in [0.1, 0.15) is 45.4 Å². The molecule has 22 heavy (non-hydrogen) atoms. The Labute approximate surface area is 131 Å². The normalized spacial score (nSPS) is 27.5. The van der Waals surface area contributed by atoms with Gasteiger partial charge in [-0.1, -0.05) is 0 Å². The van der Waals surface area contributed by atoms with E-state index in [0.717, 1.165) is 25.7 Å². The topological polar surface area (TPSA) is 84.9 Å². The number of carbonyl (C=O) groups is 2. The number of hydrogen-bond donors (Lipinski definition) is 2. The number of ether oxygens (including phenoxy) is 2. The molecule has 0 spiro atoms. The van der Waals surface area contributed by atoms with Gasteiger partial charge in [0.15, 0.2) is 0 Å². The first-order chi connectivity index (χ1) is 10.6. The summed E-state index contributed by atoms with van der Waals surface area (Å²) < 4.78 is 10.9. The zero-order valence-corrected chi connectivity index (χ0v) is 13.3. The molecule has 2 aliphatic rings. The Morgan fingerprint density at radius 1 is 1.23 bits per heavy atom. The lowest BCUT2D eigenvalue weighted by molar-refractivity contribution is -0.145. The van der Waals surface area contributed by atoms with Gasteiger partial charge in [0.1, 0.15) is 0 Å². The largest absolute Gasteiger partial charge is 0.481 e. The zero-order valence-electron chi connectivity index (χ0n) is 13.3. The van der Waals surface area contributed by atoms with Crippen LogP contribution < -0.4 is 5.32 Å². The maximum Gasteiger partial charge on any atom is 0.308 e. The third-order valence-corrected chi connectivity index (χ3v) is 4.68. The van der Waals surface area contributed by atoms with Crippen molar-refractivity contribution in [2.45, 2.75) is 57.7 Å². The molecule has 2 fully saturated rings. The van der Waals surface area contributed by atoms with Gasteiger partial charge in [0.25, 0.3) is 0 Å². The third-order valence-electron chi connectivity index (χ3n) is 4.68. The van der Waals surface area contributed by atoms with Crippen LogP contribution in [0.15, 0.2) is 0 Å². The van der Waals surface area contributed by atoms with Crippen molar-refractivity contribution in [3.05, 3.63) is 0 Å². The lowest BCUT2D eigenvalue weighted by atomic mass is 9.86. The van der Waals surface area contributed by atoms with Crippen molar-refractivity contribution in [1.29, 1.82) is 0 Å². The maximum absolute atomic E-state index is 11.9. The molecule has 0 aromatic heterocycles. The standard InChI is InChI=1S/C16H27NO5/c1-11-2-3-13(22-11)4-5-15(18)17-10-14(16(19)20)12-6-8-21-9-7-12/h11-14H,2-10H2,1H3,(H,17,18)(H,19,20). The number of amides is 1. The molecular weight excluding hydrogens is 286 g/mol. The minimum Gasteiger partial charge on any atom is -0.481 e. The van der Waals surface area contributed by atoms with Gasteiger partial charge in [-0.05, 0) is 44.9 Å². The highest BCUT2D eigenvalue weighted by Crippen LogP contribution is 2.24. The van der Waals surface area contributed by atoms with Crippen LogP contribution in [-0.2, 0) is 19.1 Å². The summed E-state index contributed by atoms with van der Waals surface area (Å²) >= 11 is 0. The average Bonchev–Trinajstić information content (AvgIpc) is 2.92. The summed E-state index contributed by atoms with van der Waals surface area (Å²) in [5.74, 6) is -1.34. The van der Waals surface area contributed by atoms with Gasteiger partial charge in [-0.3, -0.25) is 9.59 Å². The molecule has 3 atom stereocenters. The quantitative estimate of drug-likeness (QED) is 0.745. The van der Waals surface area contributed by atoms with Crippen LogP contribution in [0.5, 0.6) is 0 Å². The summed E-state index contributed by atoms with van der Waals surface area (Å²) in [5.41, 5.74) is 0. The van der Waals surface area contributed by atoms with E-state index in [-0.39, 0.29) is 30.6 Å². The molecule has 6 heteroatoms. The van der Waals surface area contributed by atoms with Gasteiger partial charge in [0, 0.05) is 26.2 Å². The molecule has 2 rings (SSSR count). The minimum atomic E-state index is -0.833. The van der Waals surface area contributed by atoms with E-state index in [4.69, 9.17) is 9.47 Å². The first kappa shape index (κ1) is 17.2. The average molecular weight is 313 g/mol. The molecule has 2 heterocycles. The summed E-state index contributed by atoms with van der Waals surface area (Å²) in [4.78, 5) is 23.3. The molecule has 2 aliphatic heterocycles. The molecule has 0 radical (unpaired) electrons. The number of rotatable bonds is 7. The molecule has 126 valence electrons. The van der Waals surface area contributed by atoms with E-state index in [1.165, 1.54) is 0 Å². The highest BCUT2D eigenvalue weighted by molar-refractivity contribution is 5.77. The van der Waals surface area contributed by atoms with Crippen LogP contribution in [0.3, 0.4) is 0 Å². The molecule has 1 amide bonds. The monoisotopic (exact) mass is 313 g/mol. The molecule has 3 unspecified atom stereocenters. The third kappa shape index (κ3) is 5.25. The van der Waals surface area contributed by atoms with E-state index >= 15 is 0 Å². The fourth-order valence-electron chi connectivity index (χ4n) is 3.28. The van der Waals surface area contributed by atoms with Crippen LogP contribution in [0.25, 0.3) is 0 Å². The molecule has 0 aliphatic carbocycles. The van der Waals surface area contributed by atoms with E-state index < -0.39 is 11.9 Å². The highest BCUT2D eigenvalue weighted by Gasteiger charge is 2.30. The van der Waals surface area contributed by atoms with Crippen LogP contribution in [0.4, 0.5) is 0 Å². The first-order valence-corrected chi connectivity index (χ1v) is 8.29. The van der Waals surface area contributed by atoms with Crippen molar-refractivity contribution in [2.75, 3.05) is 19.8 Å². The number of carboxylic acids is 1. The first-order valence-electron chi connectivity index (χ1n) is 8.29. The summed E-state index contributed by atoms with van der Waals surface area (Å²) in [6.07, 6.45) is 5.14. The predicted molar refractivity (Wildman–Crippen MR) is 80.5 cm³/mol. The van der Waals surface area contributed by atoms with Crippen molar-refractivity contribution in [3.63, 3.8) is 0 Å². The second-order valence-corrected chi connectivity index (χ2v) is 6.38.